The predicted molar refractivity (Wildman–Crippen MR) is 83.0 cm³/mol. The van der Waals surface area contributed by atoms with Gasteiger partial charge in [-0.3, -0.25) is 0 Å². The monoisotopic (exact) mass is 292 g/mol. The second-order valence-corrected chi connectivity index (χ2v) is 6.92. The Balaban J connectivity index is 1.78. The van der Waals surface area contributed by atoms with E-state index in [1.807, 2.05) is 12.5 Å². The number of aromatic nitrogens is 2. The first-order chi connectivity index (χ1) is 10.1. The van der Waals surface area contributed by atoms with E-state index in [-0.39, 0.29) is 11.6 Å². The number of rotatable bonds is 5. The summed E-state index contributed by atoms with van der Waals surface area (Å²) >= 11 is 0. The maximum absolute atomic E-state index is 6.48. The highest BCUT2D eigenvalue weighted by atomic mass is 16.5. The summed E-state index contributed by atoms with van der Waals surface area (Å²) in [6, 6.07) is 0.0376. The number of imidazole rings is 1. The highest BCUT2D eigenvalue weighted by Gasteiger charge is 2.37. The van der Waals surface area contributed by atoms with Gasteiger partial charge in [0.15, 0.2) is 0 Å². The van der Waals surface area contributed by atoms with Gasteiger partial charge >= 0.3 is 0 Å². The van der Waals surface area contributed by atoms with Crippen LogP contribution in [-0.4, -0.2) is 47.3 Å². The van der Waals surface area contributed by atoms with Crippen LogP contribution in [0.5, 0.6) is 0 Å². The van der Waals surface area contributed by atoms with Gasteiger partial charge in [0.05, 0.1) is 24.7 Å². The molecule has 1 saturated heterocycles. The van der Waals surface area contributed by atoms with Gasteiger partial charge in [-0.05, 0) is 33.4 Å². The van der Waals surface area contributed by atoms with Crippen molar-refractivity contribution in [1.29, 1.82) is 0 Å². The third-order valence-electron chi connectivity index (χ3n) is 5.51. The summed E-state index contributed by atoms with van der Waals surface area (Å²) in [5.74, 6) is 0.430. The van der Waals surface area contributed by atoms with E-state index in [9.17, 15) is 0 Å². The fraction of sp³-hybridized carbons (Fsp3) is 0.812. The van der Waals surface area contributed by atoms with Gasteiger partial charge in [0.2, 0.25) is 0 Å². The molecule has 0 bridgehead atoms. The molecular weight excluding hydrogens is 264 g/mol. The molecule has 1 saturated carbocycles. The van der Waals surface area contributed by atoms with Crippen LogP contribution >= 0.6 is 0 Å². The topological polar surface area (TPSA) is 56.3 Å². The van der Waals surface area contributed by atoms with Crippen molar-refractivity contribution in [3.05, 3.63) is 18.2 Å². The molecule has 0 amide bonds. The van der Waals surface area contributed by atoms with Crippen molar-refractivity contribution in [2.24, 2.45) is 11.7 Å². The molecule has 2 atom stereocenters. The highest BCUT2D eigenvalue weighted by molar-refractivity contribution is 5.09. The quantitative estimate of drug-likeness (QED) is 0.899. The standard InChI is InChI=1S/C16H28N4O/c1-19(2)16(6-3-4-7-16)11-20-12-18-9-14(20)15(17)13-5-8-21-10-13/h9,12-13,15H,3-8,10-11,17H2,1-2H3. The van der Waals surface area contributed by atoms with Crippen molar-refractivity contribution < 1.29 is 4.74 Å². The largest absolute Gasteiger partial charge is 0.381 e. The molecule has 2 fully saturated rings. The van der Waals surface area contributed by atoms with Crippen molar-refractivity contribution in [2.75, 3.05) is 27.3 Å². The number of likely N-dealkylation sites (N-methyl/N-ethyl adjacent to an activating group) is 1. The third-order valence-corrected chi connectivity index (χ3v) is 5.51. The lowest BCUT2D eigenvalue weighted by atomic mass is 9.94. The van der Waals surface area contributed by atoms with E-state index in [0.717, 1.165) is 26.2 Å². The van der Waals surface area contributed by atoms with Gasteiger partial charge in [0.1, 0.15) is 0 Å². The zero-order valence-corrected chi connectivity index (χ0v) is 13.3. The van der Waals surface area contributed by atoms with Gasteiger partial charge < -0.3 is 19.9 Å². The first-order valence-corrected chi connectivity index (χ1v) is 8.13. The lowest BCUT2D eigenvalue weighted by Crippen LogP contribution is -2.45. The fourth-order valence-electron chi connectivity index (χ4n) is 3.92. The summed E-state index contributed by atoms with van der Waals surface area (Å²) in [4.78, 5) is 6.77. The van der Waals surface area contributed by atoms with Crippen molar-refractivity contribution in [3.8, 4) is 0 Å². The van der Waals surface area contributed by atoms with E-state index in [1.54, 1.807) is 0 Å². The minimum absolute atomic E-state index is 0.0376. The number of ether oxygens (including phenoxy) is 1. The number of hydrogen-bond acceptors (Lipinski definition) is 4. The van der Waals surface area contributed by atoms with Crippen molar-refractivity contribution >= 4 is 0 Å². The van der Waals surface area contributed by atoms with Crippen LogP contribution in [-0.2, 0) is 11.3 Å². The molecule has 118 valence electrons. The Kier molecular flexibility index (Phi) is 4.33. The molecular formula is C16H28N4O. The number of nitrogens with zero attached hydrogens (tertiary/aromatic N) is 3. The zero-order chi connectivity index (χ0) is 14.9. The van der Waals surface area contributed by atoms with Crippen LogP contribution in [0.3, 0.4) is 0 Å². The van der Waals surface area contributed by atoms with E-state index < -0.39 is 0 Å². The Morgan fingerprint density at radius 1 is 1.48 bits per heavy atom. The maximum Gasteiger partial charge on any atom is 0.0949 e. The normalized spacial score (nSPS) is 26.6. The van der Waals surface area contributed by atoms with Gasteiger partial charge in [-0.15, -0.1) is 0 Å². The summed E-state index contributed by atoms with van der Waals surface area (Å²) in [6.07, 6.45) is 10.1. The second kappa shape index (κ2) is 6.07. The van der Waals surface area contributed by atoms with Gasteiger partial charge in [0.25, 0.3) is 0 Å². The van der Waals surface area contributed by atoms with Gasteiger partial charge in [-0.25, -0.2) is 4.98 Å². The van der Waals surface area contributed by atoms with Crippen molar-refractivity contribution in [3.63, 3.8) is 0 Å². The number of nitrogens with two attached hydrogens (primary N) is 1. The molecule has 1 aromatic heterocycles. The first-order valence-electron chi connectivity index (χ1n) is 8.13. The fourth-order valence-corrected chi connectivity index (χ4v) is 3.92. The van der Waals surface area contributed by atoms with Crippen molar-refractivity contribution in [1.82, 2.24) is 14.5 Å². The number of hydrogen-bond donors (Lipinski definition) is 1. The summed E-state index contributed by atoms with van der Waals surface area (Å²) in [7, 11) is 4.40. The van der Waals surface area contributed by atoms with Crippen LogP contribution in [0, 0.1) is 5.92 Å². The van der Waals surface area contributed by atoms with Crippen LogP contribution in [0.2, 0.25) is 0 Å². The second-order valence-electron chi connectivity index (χ2n) is 6.92. The average molecular weight is 292 g/mol. The first kappa shape index (κ1) is 15.0. The molecule has 5 heteroatoms. The Hall–Kier alpha value is -0.910. The molecule has 2 N–H and O–H groups in total. The summed E-state index contributed by atoms with van der Waals surface area (Å²) in [5, 5.41) is 0. The Morgan fingerprint density at radius 3 is 2.86 bits per heavy atom. The Morgan fingerprint density at radius 2 is 2.24 bits per heavy atom. The Bertz CT molecular complexity index is 459. The SMILES string of the molecule is CN(C)C1(Cn2cncc2C(N)C2CCOC2)CCCC1. The molecule has 0 spiro atoms. The van der Waals surface area contributed by atoms with Crippen LogP contribution in [0.25, 0.3) is 0 Å². The lowest BCUT2D eigenvalue weighted by Gasteiger charge is -2.37. The molecule has 3 rings (SSSR count). The molecule has 0 radical (unpaired) electrons. The Labute approximate surface area is 127 Å². The minimum atomic E-state index is 0.0376. The highest BCUT2D eigenvalue weighted by Crippen LogP contribution is 2.36. The van der Waals surface area contributed by atoms with Gasteiger partial charge in [-0.2, -0.15) is 0 Å². The zero-order valence-electron chi connectivity index (χ0n) is 13.3. The summed E-state index contributed by atoms with van der Waals surface area (Å²) in [6.45, 7) is 2.62. The van der Waals surface area contributed by atoms with E-state index in [4.69, 9.17) is 10.5 Å². The average Bonchev–Trinajstić information content (AvgIpc) is 3.20. The smallest absolute Gasteiger partial charge is 0.0949 e. The van der Waals surface area contributed by atoms with E-state index in [0.29, 0.717) is 5.92 Å². The van der Waals surface area contributed by atoms with E-state index in [1.165, 1.54) is 31.4 Å². The molecule has 2 heterocycles. The minimum Gasteiger partial charge on any atom is -0.381 e. The molecule has 0 aromatic carbocycles. The van der Waals surface area contributed by atoms with E-state index in [2.05, 4.69) is 28.5 Å². The summed E-state index contributed by atoms with van der Waals surface area (Å²) < 4.78 is 7.78. The van der Waals surface area contributed by atoms with Crippen LogP contribution in [0.1, 0.15) is 43.8 Å². The molecule has 1 aromatic rings. The molecule has 1 aliphatic heterocycles. The van der Waals surface area contributed by atoms with E-state index >= 15 is 0 Å². The predicted octanol–water partition coefficient (Wildman–Crippen LogP) is 1.79. The molecule has 5 nitrogen and oxygen atoms in total. The van der Waals surface area contributed by atoms with Gasteiger partial charge in [-0.1, -0.05) is 12.8 Å². The molecule has 1 aliphatic carbocycles. The van der Waals surface area contributed by atoms with Crippen LogP contribution in [0.4, 0.5) is 0 Å². The third kappa shape index (κ3) is 2.87. The maximum atomic E-state index is 6.48. The molecule has 2 aliphatic rings. The van der Waals surface area contributed by atoms with Gasteiger partial charge in [0, 0.05) is 30.8 Å². The van der Waals surface area contributed by atoms with Crippen molar-refractivity contribution in [2.45, 2.75) is 50.2 Å². The van der Waals surface area contributed by atoms with Crippen LogP contribution < -0.4 is 5.73 Å². The summed E-state index contributed by atoms with van der Waals surface area (Å²) in [5.41, 5.74) is 7.92. The van der Waals surface area contributed by atoms with Crippen LogP contribution in [0.15, 0.2) is 12.5 Å². The molecule has 21 heavy (non-hydrogen) atoms. The molecule has 2 unspecified atom stereocenters. The lowest BCUT2D eigenvalue weighted by molar-refractivity contribution is 0.131.